The van der Waals surface area contributed by atoms with Crippen molar-refractivity contribution in [3.8, 4) is 5.75 Å². The van der Waals surface area contributed by atoms with E-state index >= 15 is 0 Å². The summed E-state index contributed by atoms with van der Waals surface area (Å²) >= 11 is 0. The lowest BCUT2D eigenvalue weighted by molar-refractivity contribution is -0.770. The molecule has 0 bridgehead atoms. The Hall–Kier alpha value is -3.59. The predicted octanol–water partition coefficient (Wildman–Crippen LogP) is 2.40. The van der Waals surface area contributed by atoms with Gasteiger partial charge in [0.1, 0.15) is 12.4 Å². The highest BCUT2D eigenvalue weighted by atomic mass is 16.5. The number of benzene rings is 2. The Balaban J connectivity index is 1.38. The van der Waals surface area contributed by atoms with Gasteiger partial charge in [0.05, 0.1) is 23.9 Å². The Morgan fingerprint density at radius 2 is 1.85 bits per heavy atom. The molecule has 1 aromatic heterocycles. The molecule has 33 heavy (non-hydrogen) atoms. The number of anilines is 1. The third-order valence-corrected chi connectivity index (χ3v) is 5.49. The molecule has 0 radical (unpaired) electrons. The molecule has 2 aromatic carbocycles. The summed E-state index contributed by atoms with van der Waals surface area (Å²) in [5.41, 5.74) is 3.45. The van der Waals surface area contributed by atoms with Crippen LogP contribution in [0.5, 0.6) is 5.75 Å². The minimum absolute atomic E-state index is 0.0591. The molecule has 8 nitrogen and oxygen atoms in total. The lowest BCUT2D eigenvalue weighted by Gasteiger charge is -2.19. The lowest BCUT2D eigenvalue weighted by atomic mass is 10.1. The van der Waals surface area contributed by atoms with Crippen molar-refractivity contribution in [2.24, 2.45) is 0 Å². The van der Waals surface area contributed by atoms with Crippen LogP contribution >= 0.6 is 0 Å². The second-order valence-corrected chi connectivity index (χ2v) is 8.08. The number of aromatic nitrogens is 1. The van der Waals surface area contributed by atoms with E-state index in [1.165, 1.54) is 0 Å². The summed E-state index contributed by atoms with van der Waals surface area (Å²) in [7, 11) is 0. The summed E-state index contributed by atoms with van der Waals surface area (Å²) in [5.74, 6) is -0.249. The first kappa shape index (κ1) is 22.6. The van der Waals surface area contributed by atoms with Crippen LogP contribution in [0.4, 0.5) is 5.69 Å². The van der Waals surface area contributed by atoms with E-state index < -0.39 is 5.91 Å². The van der Waals surface area contributed by atoms with Gasteiger partial charge >= 0.3 is 5.91 Å². The van der Waals surface area contributed by atoms with Crippen LogP contribution in [0, 0.1) is 12.1 Å². The molecule has 1 aliphatic carbocycles. The maximum Gasteiger partial charge on any atom is 0.344 e. The number of nitrogens with zero attached hydrogens (tertiary/aromatic N) is 1. The van der Waals surface area contributed by atoms with Crippen LogP contribution in [0.15, 0.2) is 60.8 Å². The summed E-state index contributed by atoms with van der Waals surface area (Å²) in [6.07, 6.45) is 3.14. The number of aliphatic hydroxyl groups excluding tert-OH is 1. The van der Waals surface area contributed by atoms with E-state index in [1.807, 2.05) is 6.92 Å². The van der Waals surface area contributed by atoms with E-state index in [1.54, 1.807) is 60.8 Å². The van der Waals surface area contributed by atoms with Gasteiger partial charge in [0.25, 0.3) is 5.91 Å². The molecule has 170 valence electrons. The Kier molecular flexibility index (Phi) is 6.79. The highest BCUT2D eigenvalue weighted by Crippen LogP contribution is 2.20. The summed E-state index contributed by atoms with van der Waals surface area (Å²) in [5, 5.41) is 23.6. The number of aryl methyl sites for hydroxylation is 1. The summed E-state index contributed by atoms with van der Waals surface area (Å²) < 4.78 is 5.70. The third-order valence-electron chi connectivity index (χ3n) is 5.49. The van der Waals surface area contributed by atoms with Gasteiger partial charge in [-0.05, 0) is 60.5 Å². The number of hydroxylamine groups is 2. The highest BCUT2D eigenvalue weighted by Gasteiger charge is 2.33. The van der Waals surface area contributed by atoms with Gasteiger partial charge in [0.15, 0.2) is 0 Å². The van der Waals surface area contributed by atoms with Crippen molar-refractivity contribution in [1.82, 2.24) is 4.98 Å². The lowest BCUT2D eigenvalue weighted by Crippen LogP contribution is -3.11. The largest absolute Gasteiger partial charge is 0.626 e. The quantitative estimate of drug-likeness (QED) is 0.457. The van der Waals surface area contributed by atoms with Crippen LogP contribution < -0.4 is 15.1 Å². The molecule has 0 aliphatic heterocycles. The first-order valence-corrected chi connectivity index (χ1v) is 10.7. The number of aliphatic hydroxyl groups is 1. The maximum absolute atomic E-state index is 12.7. The zero-order valence-corrected chi connectivity index (χ0v) is 18.2. The van der Waals surface area contributed by atoms with Crippen molar-refractivity contribution in [3.05, 3.63) is 93.9 Å². The van der Waals surface area contributed by atoms with Crippen molar-refractivity contribution < 1.29 is 24.5 Å². The number of amides is 2. The number of rotatable bonds is 8. The van der Waals surface area contributed by atoms with Gasteiger partial charge < -0.3 is 25.4 Å². The summed E-state index contributed by atoms with van der Waals surface area (Å²) in [4.78, 5) is 29.3. The van der Waals surface area contributed by atoms with Crippen molar-refractivity contribution >= 4 is 17.5 Å². The number of carbonyl (C=O) groups is 2. The average Bonchev–Trinajstić information content (AvgIpc) is 3.69. The van der Waals surface area contributed by atoms with Crippen LogP contribution in [0.2, 0.25) is 0 Å². The molecule has 1 fully saturated rings. The third kappa shape index (κ3) is 5.61. The number of carbonyl (C=O) groups excluding carboxylic acids is 2. The van der Waals surface area contributed by atoms with Gasteiger partial charge in [-0.15, -0.1) is 0 Å². The van der Waals surface area contributed by atoms with Crippen molar-refractivity contribution in [2.45, 2.75) is 39.0 Å². The number of hydrogen-bond donors (Lipinski definition) is 3. The second kappa shape index (κ2) is 9.91. The van der Waals surface area contributed by atoms with Crippen LogP contribution in [-0.2, 0) is 13.2 Å². The molecule has 1 saturated carbocycles. The molecule has 1 atom stereocenters. The van der Waals surface area contributed by atoms with E-state index in [4.69, 9.17) is 9.84 Å². The van der Waals surface area contributed by atoms with Gasteiger partial charge in [-0.25, -0.2) is 4.79 Å². The predicted molar refractivity (Wildman–Crippen MR) is 122 cm³/mol. The standard InChI is InChI=1S/C25H25N3O5/c1-16-2-4-19(25(31)28(32)21-8-9-21)12-23(16)27-24(30)18-5-10-22(11-6-18)33-15-20-7-3-17(14-29)13-26-20/h2-7,10-13,21,28-29H,8-9,14-15H2,1H3,(H,27,30). The minimum Gasteiger partial charge on any atom is -0.626 e. The number of quaternary nitrogens is 1. The molecule has 2 amide bonds. The SMILES string of the molecule is Cc1ccc(C(=O)[NH+]([O-])C2CC2)cc1NC(=O)c1ccc(OCc2ccc(CO)cn2)cc1. The first-order chi connectivity index (χ1) is 15.9. The second-order valence-electron chi connectivity index (χ2n) is 8.08. The van der Waals surface area contributed by atoms with E-state index in [-0.39, 0.29) is 35.8 Å². The van der Waals surface area contributed by atoms with Crippen molar-refractivity contribution in [1.29, 1.82) is 0 Å². The van der Waals surface area contributed by atoms with Crippen LogP contribution in [0.3, 0.4) is 0 Å². The minimum atomic E-state index is -0.505. The Labute approximate surface area is 191 Å². The van der Waals surface area contributed by atoms with Crippen LogP contribution in [0.25, 0.3) is 0 Å². The summed E-state index contributed by atoms with van der Waals surface area (Å²) in [6, 6.07) is 15.0. The Morgan fingerprint density at radius 3 is 2.48 bits per heavy atom. The molecule has 0 saturated heterocycles. The molecule has 3 N–H and O–H groups in total. The topological polar surface area (TPSA) is 116 Å². The molecule has 0 spiro atoms. The van der Waals surface area contributed by atoms with Gasteiger partial charge in [0, 0.05) is 30.3 Å². The molecule has 8 heteroatoms. The van der Waals surface area contributed by atoms with Crippen molar-refractivity contribution in [2.75, 3.05) is 5.32 Å². The van der Waals surface area contributed by atoms with E-state index in [0.29, 0.717) is 17.0 Å². The number of ether oxygens (including phenoxy) is 1. The molecule has 1 heterocycles. The maximum atomic E-state index is 12.7. The molecular weight excluding hydrogens is 422 g/mol. The molecule has 3 aromatic rings. The number of nitrogens with one attached hydrogen (secondary N) is 2. The zero-order chi connectivity index (χ0) is 23.4. The molecular formula is C25H25N3O5. The first-order valence-electron chi connectivity index (χ1n) is 10.7. The fourth-order valence-corrected chi connectivity index (χ4v) is 3.26. The normalized spacial score (nSPS) is 13.9. The fourth-order valence-electron chi connectivity index (χ4n) is 3.26. The van der Waals surface area contributed by atoms with E-state index in [9.17, 15) is 14.8 Å². The monoisotopic (exact) mass is 447 g/mol. The van der Waals surface area contributed by atoms with Gasteiger partial charge in [-0.1, -0.05) is 12.1 Å². The van der Waals surface area contributed by atoms with E-state index in [0.717, 1.165) is 29.7 Å². The molecule has 1 unspecified atom stereocenters. The van der Waals surface area contributed by atoms with E-state index in [2.05, 4.69) is 10.3 Å². The Morgan fingerprint density at radius 1 is 1.12 bits per heavy atom. The van der Waals surface area contributed by atoms with Gasteiger partial charge in [0.2, 0.25) is 0 Å². The smallest absolute Gasteiger partial charge is 0.344 e. The fraction of sp³-hybridized carbons (Fsp3) is 0.240. The zero-order valence-electron chi connectivity index (χ0n) is 18.2. The molecule has 1 aliphatic rings. The van der Waals surface area contributed by atoms with Gasteiger partial charge in [-0.2, -0.15) is 0 Å². The molecule has 4 rings (SSSR count). The van der Waals surface area contributed by atoms with Gasteiger partial charge in [-0.3, -0.25) is 9.78 Å². The van der Waals surface area contributed by atoms with Crippen LogP contribution in [-0.4, -0.2) is 27.9 Å². The summed E-state index contributed by atoms with van der Waals surface area (Å²) in [6.45, 7) is 2.03. The Bertz CT molecular complexity index is 1140. The average molecular weight is 447 g/mol. The van der Waals surface area contributed by atoms with Crippen molar-refractivity contribution in [3.63, 3.8) is 0 Å². The highest BCUT2D eigenvalue weighted by molar-refractivity contribution is 6.05. The number of hydrogen-bond acceptors (Lipinski definition) is 6. The number of pyridine rings is 1. The van der Waals surface area contributed by atoms with Crippen LogP contribution in [0.1, 0.15) is 50.4 Å².